The van der Waals surface area contributed by atoms with Crippen molar-refractivity contribution in [2.75, 3.05) is 25.1 Å². The van der Waals surface area contributed by atoms with E-state index in [-0.39, 0.29) is 5.56 Å². The van der Waals surface area contributed by atoms with Crippen molar-refractivity contribution in [3.8, 4) is 0 Å². The molecule has 0 spiro atoms. The highest BCUT2D eigenvalue weighted by molar-refractivity contribution is 5.33. The maximum atomic E-state index is 11.2. The number of aromatic amines is 1. The van der Waals surface area contributed by atoms with Crippen LogP contribution in [0.2, 0.25) is 0 Å². The number of H-pyrrole nitrogens is 1. The molecule has 16 heavy (non-hydrogen) atoms. The van der Waals surface area contributed by atoms with E-state index in [0.717, 1.165) is 0 Å². The second kappa shape index (κ2) is 4.23. The number of aromatic nitrogens is 2. The zero-order chi connectivity index (χ0) is 11.6. The van der Waals surface area contributed by atoms with E-state index >= 15 is 0 Å². The van der Waals surface area contributed by atoms with E-state index in [1.807, 2.05) is 0 Å². The predicted octanol–water partition coefficient (Wildman–Crippen LogP) is -0.358. The Labute approximate surface area is 92.7 Å². The second-order valence-corrected chi connectivity index (χ2v) is 4.10. The monoisotopic (exact) mass is 225 g/mol. The Morgan fingerprint density at radius 1 is 1.75 bits per heavy atom. The first-order chi connectivity index (χ1) is 7.57. The van der Waals surface area contributed by atoms with Crippen LogP contribution in [0, 0.1) is 6.92 Å². The molecule has 1 aliphatic rings. The smallest absolute Gasteiger partial charge is 0.252 e. The average Bonchev–Trinajstić information content (AvgIpc) is 2.62. The van der Waals surface area contributed by atoms with E-state index in [9.17, 15) is 9.90 Å². The molecule has 6 heteroatoms. The summed E-state index contributed by atoms with van der Waals surface area (Å²) in [5.74, 6) is 1.02. The fraction of sp³-hybridized carbons (Fsp3) is 0.600. The van der Waals surface area contributed by atoms with Crippen LogP contribution in [-0.2, 0) is 4.74 Å². The van der Waals surface area contributed by atoms with Gasteiger partial charge in [-0.05, 0) is 6.92 Å². The third-order valence-electron chi connectivity index (χ3n) is 2.54. The highest BCUT2D eigenvalue weighted by atomic mass is 16.5. The minimum absolute atomic E-state index is 0.204. The van der Waals surface area contributed by atoms with Gasteiger partial charge in [-0.25, -0.2) is 4.98 Å². The Balaban J connectivity index is 2.01. The third kappa shape index (κ3) is 2.59. The lowest BCUT2D eigenvalue weighted by atomic mass is 10.0. The molecule has 1 aromatic heterocycles. The molecule has 1 aromatic rings. The lowest BCUT2D eigenvalue weighted by Crippen LogP contribution is -2.37. The Morgan fingerprint density at radius 3 is 3.19 bits per heavy atom. The fourth-order valence-electron chi connectivity index (χ4n) is 1.66. The number of rotatable bonds is 3. The molecule has 0 radical (unpaired) electrons. The molecule has 2 heterocycles. The summed E-state index contributed by atoms with van der Waals surface area (Å²) < 4.78 is 5.12. The molecule has 6 nitrogen and oxygen atoms in total. The zero-order valence-corrected chi connectivity index (χ0v) is 9.12. The summed E-state index contributed by atoms with van der Waals surface area (Å²) in [6.07, 6.45) is 0.599. The van der Waals surface area contributed by atoms with Crippen LogP contribution in [-0.4, -0.2) is 40.4 Å². The number of nitrogens with zero attached hydrogens (tertiary/aromatic N) is 1. The van der Waals surface area contributed by atoms with Crippen LogP contribution < -0.4 is 10.9 Å². The molecule has 1 unspecified atom stereocenters. The summed E-state index contributed by atoms with van der Waals surface area (Å²) in [6, 6.07) is 1.37. The van der Waals surface area contributed by atoms with E-state index < -0.39 is 5.60 Å². The van der Waals surface area contributed by atoms with E-state index in [1.54, 1.807) is 6.92 Å². The van der Waals surface area contributed by atoms with Gasteiger partial charge in [-0.1, -0.05) is 0 Å². The fourth-order valence-corrected chi connectivity index (χ4v) is 1.66. The second-order valence-electron chi connectivity index (χ2n) is 4.10. The van der Waals surface area contributed by atoms with Gasteiger partial charge in [0.15, 0.2) is 0 Å². The molecule has 0 aliphatic carbocycles. The molecular formula is C10H15N3O3. The van der Waals surface area contributed by atoms with Gasteiger partial charge in [0.1, 0.15) is 17.2 Å². The number of aliphatic hydroxyl groups is 1. The first kappa shape index (κ1) is 11.1. The maximum Gasteiger partial charge on any atom is 0.252 e. The van der Waals surface area contributed by atoms with Gasteiger partial charge < -0.3 is 20.1 Å². The van der Waals surface area contributed by atoms with E-state index in [4.69, 9.17) is 4.74 Å². The maximum absolute atomic E-state index is 11.2. The van der Waals surface area contributed by atoms with Crippen molar-refractivity contribution in [2.24, 2.45) is 0 Å². The first-order valence-corrected chi connectivity index (χ1v) is 5.19. The standard InChI is InChI=1S/C10H15N3O3/c1-7-12-8(4-9(14)13-7)11-5-10(15)2-3-16-6-10/h4,15H,2-3,5-6H2,1H3,(H2,11,12,13,14). The lowest BCUT2D eigenvalue weighted by molar-refractivity contribution is 0.0381. The van der Waals surface area contributed by atoms with E-state index in [2.05, 4.69) is 15.3 Å². The summed E-state index contributed by atoms with van der Waals surface area (Å²) in [6.45, 7) is 2.94. The van der Waals surface area contributed by atoms with Crippen molar-refractivity contribution in [3.63, 3.8) is 0 Å². The Hall–Kier alpha value is -1.40. The topological polar surface area (TPSA) is 87.2 Å². The van der Waals surface area contributed by atoms with Gasteiger partial charge in [0.2, 0.25) is 0 Å². The highest BCUT2D eigenvalue weighted by Crippen LogP contribution is 2.18. The van der Waals surface area contributed by atoms with Crippen LogP contribution in [0.25, 0.3) is 0 Å². The molecule has 88 valence electrons. The van der Waals surface area contributed by atoms with Crippen LogP contribution in [0.15, 0.2) is 10.9 Å². The van der Waals surface area contributed by atoms with Crippen molar-refractivity contribution < 1.29 is 9.84 Å². The molecule has 0 bridgehead atoms. The molecule has 0 amide bonds. The van der Waals surface area contributed by atoms with E-state index in [1.165, 1.54) is 6.07 Å². The summed E-state index contributed by atoms with van der Waals surface area (Å²) >= 11 is 0. The quantitative estimate of drug-likeness (QED) is 0.654. The van der Waals surface area contributed by atoms with Gasteiger partial charge in [-0.3, -0.25) is 4.79 Å². The van der Waals surface area contributed by atoms with Crippen LogP contribution >= 0.6 is 0 Å². The molecule has 1 saturated heterocycles. The van der Waals surface area contributed by atoms with Crippen molar-refractivity contribution in [2.45, 2.75) is 18.9 Å². The van der Waals surface area contributed by atoms with Crippen molar-refractivity contribution in [1.29, 1.82) is 0 Å². The summed E-state index contributed by atoms with van der Waals surface area (Å²) in [5.41, 5.74) is -1.05. The van der Waals surface area contributed by atoms with Crippen LogP contribution in [0.3, 0.4) is 0 Å². The minimum Gasteiger partial charge on any atom is -0.386 e. The van der Waals surface area contributed by atoms with Gasteiger partial charge >= 0.3 is 0 Å². The molecule has 1 fully saturated rings. The number of nitrogens with one attached hydrogen (secondary N) is 2. The van der Waals surface area contributed by atoms with Crippen LogP contribution in [0.1, 0.15) is 12.2 Å². The van der Waals surface area contributed by atoms with Crippen LogP contribution in [0.4, 0.5) is 5.82 Å². The highest BCUT2D eigenvalue weighted by Gasteiger charge is 2.31. The van der Waals surface area contributed by atoms with Crippen molar-refractivity contribution in [1.82, 2.24) is 9.97 Å². The normalized spacial score (nSPS) is 24.6. The van der Waals surface area contributed by atoms with Gasteiger partial charge in [0, 0.05) is 25.6 Å². The molecule has 3 N–H and O–H groups in total. The zero-order valence-electron chi connectivity index (χ0n) is 9.12. The number of hydrogen-bond acceptors (Lipinski definition) is 5. The lowest BCUT2D eigenvalue weighted by Gasteiger charge is -2.20. The third-order valence-corrected chi connectivity index (χ3v) is 2.54. The van der Waals surface area contributed by atoms with Gasteiger partial charge in [0.05, 0.1) is 6.61 Å². The number of anilines is 1. The summed E-state index contributed by atoms with van der Waals surface area (Å²) in [4.78, 5) is 17.8. The largest absolute Gasteiger partial charge is 0.386 e. The molecule has 1 atom stereocenters. The van der Waals surface area contributed by atoms with Crippen molar-refractivity contribution >= 4 is 5.82 Å². The molecule has 2 rings (SSSR count). The van der Waals surface area contributed by atoms with Gasteiger partial charge in [-0.15, -0.1) is 0 Å². The molecule has 0 saturated carbocycles. The SMILES string of the molecule is Cc1nc(NCC2(O)CCOC2)cc(=O)[nH]1. The molecular weight excluding hydrogens is 210 g/mol. The van der Waals surface area contributed by atoms with Crippen molar-refractivity contribution in [3.05, 3.63) is 22.2 Å². The van der Waals surface area contributed by atoms with Gasteiger partial charge in [-0.2, -0.15) is 0 Å². The summed E-state index contributed by atoms with van der Waals surface area (Å²) in [5, 5.41) is 12.9. The average molecular weight is 225 g/mol. The first-order valence-electron chi connectivity index (χ1n) is 5.19. The van der Waals surface area contributed by atoms with E-state index in [0.29, 0.717) is 37.8 Å². The Bertz CT molecular complexity index is 424. The van der Waals surface area contributed by atoms with Crippen LogP contribution in [0.5, 0.6) is 0 Å². The number of hydrogen-bond donors (Lipinski definition) is 3. The molecule has 1 aliphatic heterocycles. The predicted molar refractivity (Wildman–Crippen MR) is 58.5 cm³/mol. The van der Waals surface area contributed by atoms with Gasteiger partial charge in [0.25, 0.3) is 5.56 Å². The minimum atomic E-state index is -0.849. The Kier molecular flexibility index (Phi) is 2.93. The molecule has 0 aromatic carbocycles. The number of aryl methyl sites for hydroxylation is 1. The summed E-state index contributed by atoms with van der Waals surface area (Å²) in [7, 11) is 0. The number of ether oxygens (including phenoxy) is 1. The Morgan fingerprint density at radius 2 is 2.56 bits per heavy atom.